The SMILES string of the molecule is N#Cc1ccc2c(c1)c(=O)c(C(=O)O)cn2Cc1ccc(F)cc1. The third-order valence-electron chi connectivity index (χ3n) is 3.71. The molecule has 0 aliphatic heterocycles. The number of hydrogen-bond acceptors (Lipinski definition) is 3. The largest absolute Gasteiger partial charge is 0.477 e. The van der Waals surface area contributed by atoms with E-state index in [0.29, 0.717) is 5.52 Å². The van der Waals surface area contributed by atoms with Gasteiger partial charge in [-0.05, 0) is 35.9 Å². The summed E-state index contributed by atoms with van der Waals surface area (Å²) in [6.07, 6.45) is 1.27. The number of nitriles is 1. The van der Waals surface area contributed by atoms with Crippen LogP contribution in [-0.4, -0.2) is 15.6 Å². The van der Waals surface area contributed by atoms with Crippen molar-refractivity contribution in [1.82, 2.24) is 4.57 Å². The van der Waals surface area contributed by atoms with Crippen LogP contribution in [0, 0.1) is 17.1 Å². The predicted molar refractivity (Wildman–Crippen MR) is 85.4 cm³/mol. The van der Waals surface area contributed by atoms with E-state index in [0.717, 1.165) is 5.56 Å². The average molecular weight is 322 g/mol. The molecule has 0 unspecified atom stereocenters. The topological polar surface area (TPSA) is 83.1 Å². The highest BCUT2D eigenvalue weighted by atomic mass is 19.1. The molecule has 0 aliphatic rings. The van der Waals surface area contributed by atoms with Gasteiger partial charge in [0, 0.05) is 18.1 Å². The van der Waals surface area contributed by atoms with E-state index in [2.05, 4.69) is 0 Å². The zero-order chi connectivity index (χ0) is 17.3. The van der Waals surface area contributed by atoms with Crippen LogP contribution in [0.1, 0.15) is 21.5 Å². The number of carbonyl (C=O) groups is 1. The molecule has 0 fully saturated rings. The molecule has 0 bridgehead atoms. The Kier molecular flexibility index (Phi) is 3.84. The third-order valence-corrected chi connectivity index (χ3v) is 3.71. The Hall–Kier alpha value is -3.46. The Morgan fingerprint density at radius 2 is 1.92 bits per heavy atom. The fraction of sp³-hybridized carbons (Fsp3) is 0.0556. The van der Waals surface area contributed by atoms with Gasteiger partial charge in [0.2, 0.25) is 5.43 Å². The van der Waals surface area contributed by atoms with Crippen LogP contribution in [0.4, 0.5) is 4.39 Å². The van der Waals surface area contributed by atoms with Crippen molar-refractivity contribution in [3.63, 3.8) is 0 Å². The lowest BCUT2D eigenvalue weighted by Crippen LogP contribution is -2.19. The smallest absolute Gasteiger partial charge is 0.341 e. The Balaban J connectivity index is 2.24. The van der Waals surface area contributed by atoms with Gasteiger partial charge in [0.05, 0.1) is 17.1 Å². The summed E-state index contributed by atoms with van der Waals surface area (Å²) in [6.45, 7) is 0.267. The van der Waals surface area contributed by atoms with Gasteiger partial charge in [0.1, 0.15) is 11.4 Å². The molecule has 0 saturated heterocycles. The number of carboxylic acids is 1. The van der Waals surface area contributed by atoms with Crippen molar-refractivity contribution in [2.45, 2.75) is 6.54 Å². The zero-order valence-electron chi connectivity index (χ0n) is 12.4. The molecule has 6 heteroatoms. The van der Waals surface area contributed by atoms with Crippen LogP contribution in [0.15, 0.2) is 53.5 Å². The average Bonchev–Trinajstić information content (AvgIpc) is 2.58. The maximum absolute atomic E-state index is 13.0. The van der Waals surface area contributed by atoms with E-state index in [1.54, 1.807) is 28.8 Å². The maximum Gasteiger partial charge on any atom is 0.341 e. The minimum absolute atomic E-state index is 0.163. The van der Waals surface area contributed by atoms with E-state index in [1.807, 2.05) is 6.07 Å². The molecule has 0 aliphatic carbocycles. The summed E-state index contributed by atoms with van der Waals surface area (Å²) in [5, 5.41) is 18.4. The Labute approximate surface area is 135 Å². The molecule has 0 saturated carbocycles. The van der Waals surface area contributed by atoms with Crippen molar-refractivity contribution in [3.05, 3.63) is 81.4 Å². The first-order valence-corrected chi connectivity index (χ1v) is 7.04. The highest BCUT2D eigenvalue weighted by Gasteiger charge is 2.15. The van der Waals surface area contributed by atoms with Crippen molar-refractivity contribution >= 4 is 16.9 Å². The van der Waals surface area contributed by atoms with Gasteiger partial charge in [0.15, 0.2) is 0 Å². The van der Waals surface area contributed by atoms with Crippen LogP contribution >= 0.6 is 0 Å². The van der Waals surface area contributed by atoms with E-state index in [-0.39, 0.29) is 28.9 Å². The van der Waals surface area contributed by atoms with Crippen molar-refractivity contribution in [1.29, 1.82) is 5.26 Å². The quantitative estimate of drug-likeness (QED) is 0.803. The number of fused-ring (bicyclic) bond motifs is 1. The predicted octanol–water partition coefficient (Wildman–Crippen LogP) is 2.76. The second kappa shape index (κ2) is 5.97. The lowest BCUT2D eigenvalue weighted by Gasteiger charge is -2.12. The van der Waals surface area contributed by atoms with E-state index < -0.39 is 11.4 Å². The van der Waals surface area contributed by atoms with Crippen LogP contribution < -0.4 is 5.43 Å². The third kappa shape index (κ3) is 2.75. The van der Waals surface area contributed by atoms with Crippen molar-refractivity contribution in [3.8, 4) is 6.07 Å². The summed E-state index contributed by atoms with van der Waals surface area (Å²) >= 11 is 0. The lowest BCUT2D eigenvalue weighted by molar-refractivity contribution is 0.0695. The molecule has 1 heterocycles. The van der Waals surface area contributed by atoms with E-state index >= 15 is 0 Å². The number of aromatic carboxylic acids is 1. The van der Waals surface area contributed by atoms with Crippen molar-refractivity contribution in [2.24, 2.45) is 0 Å². The molecular weight excluding hydrogens is 311 g/mol. The first-order chi connectivity index (χ1) is 11.5. The highest BCUT2D eigenvalue weighted by Crippen LogP contribution is 2.16. The maximum atomic E-state index is 13.0. The number of pyridine rings is 1. The fourth-order valence-electron chi connectivity index (χ4n) is 2.54. The molecule has 24 heavy (non-hydrogen) atoms. The van der Waals surface area contributed by atoms with Gasteiger partial charge in [0.25, 0.3) is 0 Å². The number of aromatic nitrogens is 1. The van der Waals surface area contributed by atoms with Crippen LogP contribution in [0.2, 0.25) is 0 Å². The highest BCUT2D eigenvalue weighted by molar-refractivity contribution is 5.92. The number of nitrogens with zero attached hydrogens (tertiary/aromatic N) is 2. The molecular formula is C18H11FN2O3. The van der Waals surface area contributed by atoms with Gasteiger partial charge in [-0.25, -0.2) is 9.18 Å². The summed E-state index contributed by atoms with van der Waals surface area (Å²) in [4.78, 5) is 23.7. The minimum Gasteiger partial charge on any atom is -0.477 e. The van der Waals surface area contributed by atoms with Crippen LogP contribution in [-0.2, 0) is 6.54 Å². The van der Waals surface area contributed by atoms with Crippen LogP contribution in [0.5, 0.6) is 0 Å². The summed E-state index contributed by atoms with van der Waals surface area (Å²) in [7, 11) is 0. The van der Waals surface area contributed by atoms with Gasteiger partial charge in [-0.2, -0.15) is 5.26 Å². The van der Waals surface area contributed by atoms with E-state index in [1.165, 1.54) is 24.4 Å². The lowest BCUT2D eigenvalue weighted by atomic mass is 10.1. The number of benzene rings is 2. The number of hydrogen-bond donors (Lipinski definition) is 1. The molecule has 3 rings (SSSR count). The molecule has 1 N–H and O–H groups in total. The number of carboxylic acid groups (broad SMARTS) is 1. The molecule has 0 radical (unpaired) electrons. The normalized spacial score (nSPS) is 10.5. The van der Waals surface area contributed by atoms with Crippen molar-refractivity contribution in [2.75, 3.05) is 0 Å². The second-order valence-electron chi connectivity index (χ2n) is 5.28. The summed E-state index contributed by atoms with van der Waals surface area (Å²) < 4.78 is 14.6. The first kappa shape index (κ1) is 15.4. The molecule has 5 nitrogen and oxygen atoms in total. The monoisotopic (exact) mass is 322 g/mol. The fourth-order valence-corrected chi connectivity index (χ4v) is 2.54. The molecule has 0 atom stereocenters. The van der Waals surface area contributed by atoms with Gasteiger partial charge < -0.3 is 9.67 Å². The second-order valence-corrected chi connectivity index (χ2v) is 5.28. The van der Waals surface area contributed by atoms with Gasteiger partial charge in [-0.3, -0.25) is 4.79 Å². The zero-order valence-corrected chi connectivity index (χ0v) is 12.4. The standard InChI is InChI=1S/C18H11FN2O3/c19-13-4-1-11(2-5-13)9-21-10-15(18(23)24)17(22)14-7-12(8-20)3-6-16(14)21/h1-7,10H,9H2,(H,23,24). The van der Waals surface area contributed by atoms with Crippen LogP contribution in [0.25, 0.3) is 10.9 Å². The molecule has 0 spiro atoms. The molecule has 0 amide bonds. The Bertz CT molecular complexity index is 1050. The Morgan fingerprint density at radius 3 is 2.54 bits per heavy atom. The molecule has 118 valence electrons. The summed E-state index contributed by atoms with van der Waals surface area (Å²) in [6, 6.07) is 12.3. The number of halogens is 1. The van der Waals surface area contributed by atoms with Gasteiger partial charge in [-0.15, -0.1) is 0 Å². The molecule has 1 aromatic heterocycles. The van der Waals surface area contributed by atoms with Crippen molar-refractivity contribution < 1.29 is 14.3 Å². The van der Waals surface area contributed by atoms with E-state index in [4.69, 9.17) is 5.26 Å². The van der Waals surface area contributed by atoms with E-state index in [9.17, 15) is 19.1 Å². The Morgan fingerprint density at radius 1 is 1.21 bits per heavy atom. The number of rotatable bonds is 3. The molecule has 3 aromatic rings. The van der Waals surface area contributed by atoms with Crippen LogP contribution in [0.3, 0.4) is 0 Å². The summed E-state index contributed by atoms with van der Waals surface area (Å²) in [5.74, 6) is -1.70. The molecule has 2 aromatic carbocycles. The van der Waals surface area contributed by atoms with Gasteiger partial charge >= 0.3 is 5.97 Å². The van der Waals surface area contributed by atoms with Gasteiger partial charge in [-0.1, -0.05) is 12.1 Å². The minimum atomic E-state index is -1.34. The first-order valence-electron chi connectivity index (χ1n) is 7.04. The summed E-state index contributed by atoms with van der Waals surface area (Å²) in [5.41, 5.74) is 0.524.